The number of benzene rings is 6. The molecule has 6 aromatic rings. The summed E-state index contributed by atoms with van der Waals surface area (Å²) >= 11 is 0. The highest BCUT2D eigenvalue weighted by Gasteiger charge is 2.36. The molecule has 0 aliphatic heterocycles. The van der Waals surface area contributed by atoms with Gasteiger partial charge in [0.05, 0.1) is 0 Å². The molecule has 0 fully saturated rings. The van der Waals surface area contributed by atoms with Gasteiger partial charge in [0.2, 0.25) is 0 Å². The molecule has 0 N–H and O–H groups in total. The summed E-state index contributed by atoms with van der Waals surface area (Å²) in [5.74, 6) is 0. The minimum atomic E-state index is -0.369. The predicted molar refractivity (Wildman–Crippen MR) is 190 cm³/mol. The van der Waals surface area contributed by atoms with Crippen LogP contribution in [0.4, 0.5) is 0 Å². The first-order chi connectivity index (χ1) is 21.8. The van der Waals surface area contributed by atoms with Crippen LogP contribution in [0.3, 0.4) is 0 Å². The highest BCUT2D eigenvalue weighted by Crippen LogP contribution is 2.49. The summed E-state index contributed by atoms with van der Waals surface area (Å²) in [6, 6.07) is 46.0. The lowest BCUT2D eigenvalue weighted by Crippen LogP contribution is -2.15. The largest absolute Gasteiger partial charge is 0.261 e. The number of hydrogen-bond donors (Lipinski definition) is 0. The van der Waals surface area contributed by atoms with Gasteiger partial charge in [0.25, 0.3) is 0 Å². The van der Waals surface area contributed by atoms with Crippen molar-refractivity contribution in [1.29, 1.82) is 0 Å². The normalized spacial score (nSPS) is 16.1. The first kappa shape index (κ1) is 27.5. The smallest absolute Gasteiger partial charge is 0.165 e. The van der Waals surface area contributed by atoms with E-state index in [2.05, 4.69) is 155 Å². The lowest BCUT2D eigenvalue weighted by atomic mass is 9.82. The average Bonchev–Trinajstić information content (AvgIpc) is 3.44. The highest BCUT2D eigenvalue weighted by atomic mass is 15.0. The Kier molecular flexibility index (Phi) is 6.25. The molecule has 0 unspecified atom stereocenters. The van der Waals surface area contributed by atoms with Crippen molar-refractivity contribution in [1.82, 2.24) is 0 Å². The van der Waals surface area contributed by atoms with Crippen molar-refractivity contribution < 1.29 is 0 Å². The second-order valence-corrected chi connectivity index (χ2v) is 13.5. The van der Waals surface area contributed by atoms with Gasteiger partial charge >= 0.3 is 0 Å². The van der Waals surface area contributed by atoms with E-state index in [1.165, 1.54) is 55.3 Å². The fraction of sp³-hybridized carbons (Fsp3) is 0.163. The predicted octanol–water partition coefficient (Wildman–Crippen LogP) is 10.7. The molecule has 0 saturated heterocycles. The fourth-order valence-electron chi connectivity index (χ4n) is 7.50. The molecule has 2 nitrogen and oxygen atoms in total. The maximum Gasteiger partial charge on any atom is 0.165 e. The number of fused-ring (bicyclic) bond motifs is 7. The Labute approximate surface area is 265 Å². The summed E-state index contributed by atoms with van der Waals surface area (Å²) in [6.45, 7) is 9.27. The SMILES string of the molecule is CC1(C)c2ccccc2-c2ccc(C=NC(N=Cc3ccc4c(c3)C(C)(C)c3ccccc3-4)c3ccc4ccccc4c3)cc21. The van der Waals surface area contributed by atoms with E-state index in [1.807, 2.05) is 12.4 Å². The van der Waals surface area contributed by atoms with Gasteiger partial charge in [-0.15, -0.1) is 0 Å². The zero-order chi connectivity index (χ0) is 30.8. The lowest BCUT2D eigenvalue weighted by Gasteiger charge is -2.21. The van der Waals surface area contributed by atoms with Gasteiger partial charge in [-0.05, 0) is 90.2 Å². The summed E-state index contributed by atoms with van der Waals surface area (Å²) in [4.78, 5) is 10.2. The minimum absolute atomic E-state index is 0.0489. The Bertz CT molecular complexity index is 2060. The molecule has 0 amide bonds. The van der Waals surface area contributed by atoms with E-state index < -0.39 is 0 Å². The molecule has 2 aliphatic rings. The Morgan fingerprint density at radius 1 is 0.444 bits per heavy atom. The molecule has 2 aliphatic carbocycles. The van der Waals surface area contributed by atoms with Gasteiger partial charge in [0, 0.05) is 23.3 Å². The molecule has 45 heavy (non-hydrogen) atoms. The molecule has 0 bridgehead atoms. The van der Waals surface area contributed by atoms with Crippen LogP contribution in [0.15, 0.2) is 137 Å². The van der Waals surface area contributed by atoms with Gasteiger partial charge in [-0.2, -0.15) is 0 Å². The van der Waals surface area contributed by atoms with Gasteiger partial charge in [-0.25, -0.2) is 0 Å². The molecular weight excluding hydrogens is 544 g/mol. The minimum Gasteiger partial charge on any atom is -0.261 e. The zero-order valence-electron chi connectivity index (χ0n) is 26.3. The molecule has 0 atom stereocenters. The lowest BCUT2D eigenvalue weighted by molar-refractivity contribution is 0.660. The van der Waals surface area contributed by atoms with Crippen molar-refractivity contribution in [2.75, 3.05) is 0 Å². The van der Waals surface area contributed by atoms with Crippen molar-refractivity contribution in [3.8, 4) is 22.3 Å². The quantitative estimate of drug-likeness (QED) is 0.181. The first-order valence-electron chi connectivity index (χ1n) is 15.8. The van der Waals surface area contributed by atoms with Crippen LogP contribution in [0.5, 0.6) is 0 Å². The topological polar surface area (TPSA) is 24.7 Å². The van der Waals surface area contributed by atoms with Crippen molar-refractivity contribution >= 4 is 23.2 Å². The highest BCUT2D eigenvalue weighted by molar-refractivity contribution is 5.89. The second-order valence-electron chi connectivity index (χ2n) is 13.5. The van der Waals surface area contributed by atoms with Crippen molar-refractivity contribution in [2.45, 2.75) is 44.7 Å². The number of aliphatic imine (C=N–C) groups is 2. The molecule has 0 heterocycles. The van der Waals surface area contributed by atoms with Crippen LogP contribution in [0.2, 0.25) is 0 Å². The number of nitrogens with zero attached hydrogens (tertiary/aromatic N) is 2. The van der Waals surface area contributed by atoms with E-state index in [9.17, 15) is 0 Å². The van der Waals surface area contributed by atoms with Gasteiger partial charge in [0.1, 0.15) is 0 Å². The molecular formula is C43H36N2. The third kappa shape index (κ3) is 4.47. The molecule has 0 radical (unpaired) electrons. The molecule has 6 aromatic carbocycles. The van der Waals surface area contributed by atoms with Crippen LogP contribution >= 0.6 is 0 Å². The van der Waals surface area contributed by atoms with Gasteiger partial charge < -0.3 is 0 Å². The molecule has 0 aromatic heterocycles. The first-order valence-corrected chi connectivity index (χ1v) is 15.8. The summed E-state index contributed by atoms with van der Waals surface area (Å²) in [7, 11) is 0. The van der Waals surface area contributed by atoms with E-state index in [0.717, 1.165) is 16.7 Å². The van der Waals surface area contributed by atoms with Crippen LogP contribution in [0.25, 0.3) is 33.0 Å². The van der Waals surface area contributed by atoms with E-state index in [1.54, 1.807) is 0 Å². The van der Waals surface area contributed by atoms with Crippen molar-refractivity contribution in [3.63, 3.8) is 0 Å². The Morgan fingerprint density at radius 3 is 1.47 bits per heavy atom. The fourth-order valence-corrected chi connectivity index (χ4v) is 7.50. The second kappa shape index (κ2) is 10.2. The van der Waals surface area contributed by atoms with Gasteiger partial charge in [-0.3, -0.25) is 9.98 Å². The summed E-state index contributed by atoms with van der Waals surface area (Å²) in [5.41, 5.74) is 13.9. The summed E-state index contributed by atoms with van der Waals surface area (Å²) in [5, 5.41) is 2.41. The maximum absolute atomic E-state index is 5.12. The van der Waals surface area contributed by atoms with Crippen LogP contribution in [0, 0.1) is 0 Å². The average molecular weight is 581 g/mol. The van der Waals surface area contributed by atoms with E-state index in [-0.39, 0.29) is 17.0 Å². The van der Waals surface area contributed by atoms with Crippen LogP contribution in [-0.4, -0.2) is 12.4 Å². The Balaban J connectivity index is 1.16. The molecule has 8 rings (SSSR count). The molecule has 0 spiro atoms. The van der Waals surface area contributed by atoms with Crippen LogP contribution < -0.4 is 0 Å². The third-order valence-corrected chi connectivity index (χ3v) is 10.0. The van der Waals surface area contributed by atoms with Crippen LogP contribution in [0.1, 0.15) is 72.8 Å². The Morgan fingerprint density at radius 2 is 0.911 bits per heavy atom. The number of rotatable bonds is 5. The molecule has 218 valence electrons. The third-order valence-electron chi connectivity index (χ3n) is 10.0. The van der Waals surface area contributed by atoms with Crippen molar-refractivity contribution in [3.05, 3.63) is 166 Å². The standard InChI is InChI=1S/C43H36N2/c1-42(2)37-15-9-7-13-33(37)35-21-17-28(23-39(35)42)26-44-41(32-20-19-30-11-5-6-12-31(30)25-32)45-27-29-18-22-36-34-14-8-10-16-38(34)43(3,4)40(36)24-29/h5-27,41H,1-4H3. The van der Waals surface area contributed by atoms with Gasteiger partial charge in [-0.1, -0.05) is 137 Å². The van der Waals surface area contributed by atoms with Crippen molar-refractivity contribution in [2.24, 2.45) is 9.98 Å². The van der Waals surface area contributed by atoms with Gasteiger partial charge in [0.15, 0.2) is 6.17 Å². The van der Waals surface area contributed by atoms with E-state index in [4.69, 9.17) is 9.98 Å². The maximum atomic E-state index is 5.12. The summed E-state index contributed by atoms with van der Waals surface area (Å²) < 4.78 is 0. The zero-order valence-corrected chi connectivity index (χ0v) is 26.3. The van der Waals surface area contributed by atoms with Crippen LogP contribution in [-0.2, 0) is 10.8 Å². The van der Waals surface area contributed by atoms with E-state index >= 15 is 0 Å². The van der Waals surface area contributed by atoms with E-state index in [0.29, 0.717) is 0 Å². The molecule has 0 saturated carbocycles. The monoisotopic (exact) mass is 580 g/mol. The number of hydrogen-bond acceptors (Lipinski definition) is 2. The molecule has 2 heteroatoms. The summed E-state index contributed by atoms with van der Waals surface area (Å²) in [6.07, 6.45) is 3.63. The Hall–Kier alpha value is -5.08.